The molecule has 3 aliphatic carbocycles. The largest absolute Gasteiger partial charge is 0.496 e. The van der Waals surface area contributed by atoms with E-state index in [2.05, 4.69) is 15.4 Å². The summed E-state index contributed by atoms with van der Waals surface area (Å²) >= 11 is 0. The Balaban J connectivity index is 1.22. The van der Waals surface area contributed by atoms with E-state index < -0.39 is 73.8 Å². The molecule has 3 saturated carbocycles. The smallest absolute Gasteiger partial charge is 0.408 e. The van der Waals surface area contributed by atoms with Gasteiger partial charge in [0.1, 0.15) is 46.9 Å². The van der Waals surface area contributed by atoms with Crippen LogP contribution < -0.4 is 29.6 Å². The fraction of sp³-hybridized carbons (Fsp3) is 0.634. The van der Waals surface area contributed by atoms with Crippen LogP contribution in [0.2, 0.25) is 0 Å². The van der Waals surface area contributed by atoms with Gasteiger partial charge in [-0.3, -0.25) is 19.1 Å². The van der Waals surface area contributed by atoms with E-state index in [9.17, 15) is 27.6 Å². The van der Waals surface area contributed by atoms with Gasteiger partial charge in [-0.1, -0.05) is 25.0 Å². The van der Waals surface area contributed by atoms with Crippen molar-refractivity contribution in [3.8, 4) is 17.4 Å². The van der Waals surface area contributed by atoms with Gasteiger partial charge in [0.15, 0.2) is 0 Å². The first-order chi connectivity index (χ1) is 26.9. The molecule has 4 fully saturated rings. The fourth-order valence-corrected chi connectivity index (χ4v) is 8.98. The standard InChI is InChI=1S/C41H55N5O10S/c1-24-31(53-6)17-16-28-32(21-33(43-34(24)28)55-26-14-15-26)54-27-20-30-35(47)44-41(37(49)45-57(51,52)40(5)18-19-40)22-25(41)12-10-8-7-9-11-13-29(36(48)46(30)23-27)42-38(50)56-39(2,3)4/h10,12,16-17,21,25-27,29-30H,7-9,11,13-15,18-20,22-23H2,1-6H3,(H,42,50)(H,44,47)(H,45,49)/b12-10-/t25?,27-,29+,30+,41-/m1/s1. The number of benzene rings is 1. The summed E-state index contributed by atoms with van der Waals surface area (Å²) in [4.78, 5) is 62.4. The number of hydrogen-bond donors (Lipinski definition) is 3. The number of carbonyl (C=O) groups excluding carboxylic acids is 4. The second kappa shape index (κ2) is 15.3. The third-order valence-corrected chi connectivity index (χ3v) is 13.8. The number of ether oxygens (including phenoxy) is 4. The summed E-state index contributed by atoms with van der Waals surface area (Å²) in [6.45, 7) is 8.67. The molecule has 310 valence electrons. The molecule has 2 aromatic rings. The molecule has 7 rings (SSSR count). The molecular weight excluding hydrogens is 755 g/mol. The molecule has 5 atom stereocenters. The van der Waals surface area contributed by atoms with Gasteiger partial charge in [0.05, 0.1) is 23.9 Å². The number of rotatable bonds is 9. The Hall–Kier alpha value is -4.60. The number of pyridine rings is 1. The van der Waals surface area contributed by atoms with E-state index >= 15 is 0 Å². The topological polar surface area (TPSA) is 192 Å². The maximum Gasteiger partial charge on any atom is 0.408 e. The van der Waals surface area contributed by atoms with Crippen LogP contribution in [0.1, 0.15) is 104 Å². The van der Waals surface area contributed by atoms with Crippen LogP contribution in [-0.4, -0.2) is 95.9 Å². The Morgan fingerprint density at radius 3 is 2.46 bits per heavy atom. The Morgan fingerprint density at radius 2 is 1.77 bits per heavy atom. The van der Waals surface area contributed by atoms with Crippen molar-refractivity contribution in [1.82, 2.24) is 25.2 Å². The molecule has 3 N–H and O–H groups in total. The molecule has 5 aliphatic rings. The number of aromatic nitrogens is 1. The van der Waals surface area contributed by atoms with Gasteiger partial charge < -0.3 is 34.5 Å². The minimum Gasteiger partial charge on any atom is -0.496 e. The van der Waals surface area contributed by atoms with Crippen molar-refractivity contribution in [2.75, 3.05) is 13.7 Å². The summed E-state index contributed by atoms with van der Waals surface area (Å²) in [6.07, 6.45) is 8.53. The van der Waals surface area contributed by atoms with Crippen molar-refractivity contribution in [3.63, 3.8) is 0 Å². The van der Waals surface area contributed by atoms with E-state index in [1.54, 1.807) is 40.9 Å². The number of hydrogen-bond acceptors (Lipinski definition) is 11. The predicted octanol–water partition coefficient (Wildman–Crippen LogP) is 4.73. The molecule has 16 heteroatoms. The highest BCUT2D eigenvalue weighted by atomic mass is 32.2. The van der Waals surface area contributed by atoms with Crippen LogP contribution >= 0.6 is 0 Å². The third kappa shape index (κ3) is 8.80. The van der Waals surface area contributed by atoms with Crippen LogP contribution in [-0.2, 0) is 29.1 Å². The van der Waals surface area contributed by atoms with Crippen molar-refractivity contribution < 1.29 is 46.5 Å². The lowest BCUT2D eigenvalue weighted by Crippen LogP contribution is -2.58. The molecule has 1 aromatic heterocycles. The molecule has 1 saturated heterocycles. The van der Waals surface area contributed by atoms with Crippen molar-refractivity contribution >= 4 is 44.7 Å². The van der Waals surface area contributed by atoms with Gasteiger partial charge in [0.2, 0.25) is 27.7 Å². The number of allylic oxidation sites excluding steroid dienone is 1. The predicted molar refractivity (Wildman–Crippen MR) is 210 cm³/mol. The quantitative estimate of drug-likeness (QED) is 0.297. The van der Waals surface area contributed by atoms with Gasteiger partial charge in [-0.15, -0.1) is 0 Å². The van der Waals surface area contributed by atoms with Crippen LogP contribution in [0.4, 0.5) is 4.79 Å². The average Bonchev–Trinajstić information content (AvgIpc) is 4.09. The molecule has 2 aliphatic heterocycles. The van der Waals surface area contributed by atoms with Gasteiger partial charge in [-0.05, 0) is 98.1 Å². The second-order valence-corrected chi connectivity index (χ2v) is 19.7. The monoisotopic (exact) mass is 809 g/mol. The summed E-state index contributed by atoms with van der Waals surface area (Å²) in [5, 5.41) is 6.36. The fourth-order valence-electron chi connectivity index (χ4n) is 7.67. The first-order valence-corrected chi connectivity index (χ1v) is 21.6. The number of sulfonamides is 1. The molecule has 1 aromatic carbocycles. The third-order valence-electron chi connectivity index (χ3n) is 11.6. The number of nitrogens with zero attached hydrogens (tertiary/aromatic N) is 2. The maximum atomic E-state index is 14.6. The zero-order valence-electron chi connectivity index (χ0n) is 33.6. The lowest BCUT2D eigenvalue weighted by molar-refractivity contribution is -0.141. The van der Waals surface area contributed by atoms with E-state index in [4.69, 9.17) is 23.9 Å². The highest BCUT2D eigenvalue weighted by molar-refractivity contribution is 7.91. The maximum absolute atomic E-state index is 14.6. The molecule has 57 heavy (non-hydrogen) atoms. The van der Waals surface area contributed by atoms with E-state index in [0.29, 0.717) is 60.4 Å². The Morgan fingerprint density at radius 1 is 1.02 bits per heavy atom. The van der Waals surface area contributed by atoms with Gasteiger partial charge in [0, 0.05) is 29.4 Å². The number of methoxy groups -OCH3 is 1. The molecule has 0 radical (unpaired) electrons. The summed E-state index contributed by atoms with van der Waals surface area (Å²) < 4.78 is 51.5. The number of carbonyl (C=O) groups is 4. The zero-order valence-corrected chi connectivity index (χ0v) is 34.5. The van der Waals surface area contributed by atoms with E-state index in [0.717, 1.165) is 31.2 Å². The molecule has 15 nitrogen and oxygen atoms in total. The molecule has 1 unspecified atom stereocenters. The number of amides is 4. The molecule has 4 amide bonds. The van der Waals surface area contributed by atoms with Gasteiger partial charge in [-0.2, -0.15) is 0 Å². The number of aryl methyl sites for hydroxylation is 1. The van der Waals surface area contributed by atoms with Crippen molar-refractivity contribution in [2.24, 2.45) is 5.92 Å². The Labute approximate surface area is 334 Å². The first-order valence-electron chi connectivity index (χ1n) is 20.1. The van der Waals surface area contributed by atoms with Crippen LogP contribution in [0, 0.1) is 12.8 Å². The van der Waals surface area contributed by atoms with Crippen molar-refractivity contribution in [2.45, 2.75) is 145 Å². The number of nitrogens with one attached hydrogen (secondary N) is 3. The van der Waals surface area contributed by atoms with Gasteiger partial charge >= 0.3 is 6.09 Å². The summed E-state index contributed by atoms with van der Waals surface area (Å²) in [5.41, 5.74) is -0.922. The normalized spacial score (nSPS) is 28.1. The number of fused-ring (bicyclic) bond motifs is 3. The molecule has 0 spiro atoms. The van der Waals surface area contributed by atoms with E-state index in [1.165, 1.54) is 4.90 Å². The summed E-state index contributed by atoms with van der Waals surface area (Å²) in [7, 11) is -2.41. The van der Waals surface area contributed by atoms with E-state index in [-0.39, 0.29) is 25.5 Å². The summed E-state index contributed by atoms with van der Waals surface area (Å²) in [6, 6.07) is 3.25. The Bertz CT molecular complexity index is 2070. The average molecular weight is 810 g/mol. The number of alkyl carbamates (subject to hydrolysis) is 1. The van der Waals surface area contributed by atoms with Gasteiger partial charge in [0.25, 0.3) is 5.91 Å². The van der Waals surface area contributed by atoms with Gasteiger partial charge in [-0.25, -0.2) is 18.2 Å². The zero-order chi connectivity index (χ0) is 40.9. The van der Waals surface area contributed by atoms with Crippen LogP contribution in [0.3, 0.4) is 0 Å². The first kappa shape index (κ1) is 40.6. The van der Waals surface area contributed by atoms with Crippen LogP contribution in [0.25, 0.3) is 10.9 Å². The second-order valence-electron chi connectivity index (χ2n) is 17.5. The van der Waals surface area contributed by atoms with E-state index in [1.807, 2.05) is 31.2 Å². The highest BCUT2D eigenvalue weighted by Gasteiger charge is 2.63. The van der Waals surface area contributed by atoms with Crippen molar-refractivity contribution in [1.29, 1.82) is 0 Å². The Kier molecular flexibility index (Phi) is 10.9. The molecular formula is C41H55N5O10S. The summed E-state index contributed by atoms with van der Waals surface area (Å²) in [5.74, 6) is -0.878. The highest BCUT2D eigenvalue weighted by Crippen LogP contribution is 2.48. The van der Waals surface area contributed by atoms with Crippen molar-refractivity contribution in [3.05, 3.63) is 35.9 Å². The lowest BCUT2D eigenvalue weighted by Gasteiger charge is -2.30. The lowest BCUT2D eigenvalue weighted by atomic mass is 10.0. The minimum absolute atomic E-state index is 0.0174. The molecule has 3 heterocycles. The molecule has 0 bridgehead atoms. The SMILES string of the molecule is COc1ccc2c(O[C@@H]3C[C@H]4C(=O)N[C@]5(C(=O)NS(=O)(=O)C6(C)CC6)CC5/C=C\CCCCC[C@H](NC(=O)OC(C)(C)C)C(=O)N4C3)cc(OC3CC3)nc2c1C. The minimum atomic E-state index is -4.00. The van der Waals surface area contributed by atoms with Crippen LogP contribution in [0.5, 0.6) is 17.4 Å². The van der Waals surface area contributed by atoms with Crippen LogP contribution in [0.15, 0.2) is 30.4 Å².